The maximum Gasteiger partial charge on any atom is 0.239 e. The number of nitrogens with zero attached hydrogens (tertiary/aromatic N) is 3. The quantitative estimate of drug-likeness (QED) is 0.832. The van der Waals surface area contributed by atoms with Crippen LogP contribution in [0.15, 0.2) is 42.6 Å². The molecule has 0 saturated carbocycles. The number of carbonyl (C=O) groups excluding carboxylic acids is 1. The second kappa shape index (κ2) is 8.32. The van der Waals surface area contributed by atoms with Crippen molar-refractivity contribution < 1.29 is 9.53 Å². The first kappa shape index (κ1) is 17.0. The lowest BCUT2D eigenvalue weighted by Gasteiger charge is -2.33. The van der Waals surface area contributed by atoms with Crippen molar-refractivity contribution in [1.82, 2.24) is 15.5 Å². The normalized spacial score (nSPS) is 17.0. The van der Waals surface area contributed by atoms with E-state index in [-0.39, 0.29) is 18.5 Å². The Balaban J connectivity index is 1.51. The summed E-state index contributed by atoms with van der Waals surface area (Å²) in [5.74, 6) is 1.55. The summed E-state index contributed by atoms with van der Waals surface area (Å²) < 4.78 is 5.28. The van der Waals surface area contributed by atoms with E-state index < -0.39 is 0 Å². The maximum absolute atomic E-state index is 12.3. The minimum absolute atomic E-state index is 0.0306. The molecule has 2 heterocycles. The van der Waals surface area contributed by atoms with Gasteiger partial charge in [-0.05, 0) is 37.1 Å². The number of anilines is 2. The van der Waals surface area contributed by atoms with E-state index in [2.05, 4.69) is 25.7 Å². The zero-order valence-electron chi connectivity index (χ0n) is 14.3. The molecular weight excluding hydrogens is 318 g/mol. The Morgan fingerprint density at radius 2 is 2.20 bits per heavy atom. The van der Waals surface area contributed by atoms with Crippen LogP contribution in [0.3, 0.4) is 0 Å². The third kappa shape index (κ3) is 4.59. The molecule has 0 radical (unpaired) electrons. The minimum atomic E-state index is -0.0306. The summed E-state index contributed by atoms with van der Waals surface area (Å²) in [6.07, 6.45) is 3.65. The predicted octanol–water partition coefficient (Wildman–Crippen LogP) is 1.68. The second-order valence-corrected chi connectivity index (χ2v) is 5.99. The van der Waals surface area contributed by atoms with Gasteiger partial charge in [0.15, 0.2) is 5.82 Å². The van der Waals surface area contributed by atoms with E-state index in [1.807, 2.05) is 36.4 Å². The third-order valence-electron chi connectivity index (χ3n) is 4.22. The van der Waals surface area contributed by atoms with Crippen molar-refractivity contribution in [3.63, 3.8) is 0 Å². The highest BCUT2D eigenvalue weighted by Crippen LogP contribution is 2.22. The SMILES string of the molecule is COc1ccccc1NCC(=O)N[C@@H]1CCCN(c2cccnn2)C1. The van der Waals surface area contributed by atoms with Crippen molar-refractivity contribution in [2.45, 2.75) is 18.9 Å². The first-order valence-electron chi connectivity index (χ1n) is 8.45. The predicted molar refractivity (Wildman–Crippen MR) is 96.9 cm³/mol. The number of amides is 1. The van der Waals surface area contributed by atoms with Crippen molar-refractivity contribution in [2.24, 2.45) is 0 Å². The number of benzene rings is 1. The van der Waals surface area contributed by atoms with Crippen LogP contribution >= 0.6 is 0 Å². The summed E-state index contributed by atoms with van der Waals surface area (Å²) in [5, 5.41) is 14.3. The summed E-state index contributed by atoms with van der Waals surface area (Å²) in [6.45, 7) is 1.89. The Morgan fingerprint density at radius 1 is 1.32 bits per heavy atom. The number of hydrogen-bond donors (Lipinski definition) is 2. The van der Waals surface area contributed by atoms with Crippen LogP contribution in [0.5, 0.6) is 5.75 Å². The Labute approximate surface area is 147 Å². The van der Waals surface area contributed by atoms with Crippen molar-refractivity contribution in [1.29, 1.82) is 0 Å². The Kier molecular flexibility index (Phi) is 5.66. The average Bonchev–Trinajstić information content (AvgIpc) is 2.67. The number of methoxy groups -OCH3 is 1. The molecule has 2 aromatic rings. The summed E-state index contributed by atoms with van der Waals surface area (Å²) in [4.78, 5) is 14.4. The highest BCUT2D eigenvalue weighted by atomic mass is 16.5. The van der Waals surface area contributed by atoms with Gasteiger partial charge >= 0.3 is 0 Å². The van der Waals surface area contributed by atoms with E-state index in [4.69, 9.17) is 4.74 Å². The number of ether oxygens (including phenoxy) is 1. The molecular formula is C18H23N5O2. The monoisotopic (exact) mass is 341 g/mol. The molecule has 1 saturated heterocycles. The Morgan fingerprint density at radius 3 is 3.00 bits per heavy atom. The van der Waals surface area contributed by atoms with Crippen molar-refractivity contribution in [3.05, 3.63) is 42.6 Å². The van der Waals surface area contributed by atoms with Crippen LogP contribution in [0.2, 0.25) is 0 Å². The van der Waals surface area contributed by atoms with Gasteiger partial charge in [0.1, 0.15) is 5.75 Å². The number of piperidine rings is 1. The standard InChI is InChI=1S/C18H23N5O2/c1-25-16-8-3-2-7-15(16)19-12-18(24)21-14-6-5-11-23(13-14)17-9-4-10-20-22-17/h2-4,7-10,14,19H,5-6,11-13H2,1H3,(H,21,24)/t14-/m1/s1. The van der Waals surface area contributed by atoms with E-state index in [0.717, 1.165) is 43.2 Å². The van der Waals surface area contributed by atoms with Crippen molar-refractivity contribution in [2.75, 3.05) is 37.0 Å². The second-order valence-electron chi connectivity index (χ2n) is 5.99. The van der Waals surface area contributed by atoms with Crippen LogP contribution in [0.4, 0.5) is 11.5 Å². The lowest BCUT2D eigenvalue weighted by molar-refractivity contribution is -0.120. The van der Waals surface area contributed by atoms with E-state index in [0.29, 0.717) is 0 Å². The first-order valence-corrected chi connectivity index (χ1v) is 8.45. The molecule has 2 N–H and O–H groups in total. The van der Waals surface area contributed by atoms with Gasteiger partial charge in [-0.2, -0.15) is 5.10 Å². The van der Waals surface area contributed by atoms with Crippen molar-refractivity contribution >= 4 is 17.4 Å². The maximum atomic E-state index is 12.3. The molecule has 0 aliphatic carbocycles. The van der Waals surface area contributed by atoms with Gasteiger partial charge in [0.25, 0.3) is 0 Å². The van der Waals surface area contributed by atoms with Crippen LogP contribution in [0, 0.1) is 0 Å². The van der Waals surface area contributed by atoms with Gasteiger partial charge in [-0.1, -0.05) is 12.1 Å². The molecule has 1 atom stereocenters. The Hall–Kier alpha value is -2.83. The lowest BCUT2D eigenvalue weighted by Crippen LogP contribution is -2.49. The smallest absolute Gasteiger partial charge is 0.239 e. The van der Waals surface area contributed by atoms with Crippen LogP contribution in [0.1, 0.15) is 12.8 Å². The molecule has 1 aromatic carbocycles. The molecule has 1 fully saturated rings. The topological polar surface area (TPSA) is 79.4 Å². The van der Waals surface area contributed by atoms with E-state index in [1.54, 1.807) is 13.3 Å². The van der Waals surface area contributed by atoms with Crippen LogP contribution in [-0.4, -0.2) is 48.9 Å². The molecule has 7 heteroatoms. The van der Waals surface area contributed by atoms with Crippen LogP contribution in [0.25, 0.3) is 0 Å². The molecule has 3 rings (SSSR count). The van der Waals surface area contributed by atoms with Gasteiger partial charge in [-0.25, -0.2) is 0 Å². The number of nitrogens with one attached hydrogen (secondary N) is 2. The number of aromatic nitrogens is 2. The number of carbonyl (C=O) groups is 1. The molecule has 0 bridgehead atoms. The van der Waals surface area contributed by atoms with Crippen LogP contribution in [-0.2, 0) is 4.79 Å². The summed E-state index contributed by atoms with van der Waals surface area (Å²) in [5.41, 5.74) is 0.810. The van der Waals surface area contributed by atoms with Crippen molar-refractivity contribution in [3.8, 4) is 5.75 Å². The van der Waals surface area contributed by atoms with Gasteiger partial charge in [0, 0.05) is 25.3 Å². The van der Waals surface area contributed by atoms with Gasteiger partial charge in [-0.3, -0.25) is 4.79 Å². The van der Waals surface area contributed by atoms with Gasteiger partial charge < -0.3 is 20.3 Å². The third-order valence-corrected chi connectivity index (χ3v) is 4.22. The highest BCUT2D eigenvalue weighted by Gasteiger charge is 2.22. The fourth-order valence-electron chi connectivity index (χ4n) is 3.01. The van der Waals surface area contributed by atoms with Gasteiger partial charge in [0.05, 0.1) is 19.3 Å². The van der Waals surface area contributed by atoms with Gasteiger partial charge in [0.2, 0.25) is 5.91 Å². The van der Waals surface area contributed by atoms with Crippen LogP contribution < -0.4 is 20.3 Å². The van der Waals surface area contributed by atoms with E-state index in [9.17, 15) is 4.79 Å². The number of rotatable bonds is 6. The molecule has 25 heavy (non-hydrogen) atoms. The summed E-state index contributed by atoms with van der Waals surface area (Å²) in [6, 6.07) is 11.5. The Bertz CT molecular complexity index is 695. The highest BCUT2D eigenvalue weighted by molar-refractivity contribution is 5.81. The zero-order chi connectivity index (χ0) is 17.5. The molecule has 132 valence electrons. The number of hydrogen-bond acceptors (Lipinski definition) is 6. The molecule has 1 aliphatic heterocycles. The molecule has 0 unspecified atom stereocenters. The first-order chi connectivity index (χ1) is 12.3. The largest absolute Gasteiger partial charge is 0.495 e. The fourth-order valence-corrected chi connectivity index (χ4v) is 3.01. The lowest BCUT2D eigenvalue weighted by atomic mass is 10.1. The molecule has 1 aliphatic rings. The summed E-state index contributed by atoms with van der Waals surface area (Å²) in [7, 11) is 1.61. The minimum Gasteiger partial charge on any atom is -0.495 e. The summed E-state index contributed by atoms with van der Waals surface area (Å²) >= 11 is 0. The molecule has 7 nitrogen and oxygen atoms in total. The molecule has 0 spiro atoms. The van der Waals surface area contributed by atoms with E-state index >= 15 is 0 Å². The van der Waals surface area contributed by atoms with Gasteiger partial charge in [-0.15, -0.1) is 5.10 Å². The fraction of sp³-hybridized carbons (Fsp3) is 0.389. The molecule has 1 aromatic heterocycles. The average molecular weight is 341 g/mol. The molecule has 1 amide bonds. The zero-order valence-corrected chi connectivity index (χ0v) is 14.3. The number of para-hydroxylation sites is 2. The van der Waals surface area contributed by atoms with E-state index in [1.165, 1.54) is 0 Å².